The fourth-order valence-electron chi connectivity index (χ4n) is 3.32. The standard InChI is InChI=1S/C19H17ClN4O2/c20-15-7-4-8-16(11-15)24-21-17(19(25)26)18(22-24)23-10-9-14(12-23)13-5-2-1-3-6-13/h1-8,11,14H,9-10,12H2,(H,25,26). The maximum absolute atomic E-state index is 11.7. The second kappa shape index (κ2) is 6.80. The van der Waals surface area contributed by atoms with Crippen molar-refractivity contribution in [2.45, 2.75) is 12.3 Å². The van der Waals surface area contributed by atoms with Gasteiger partial charge in [0.05, 0.1) is 5.69 Å². The SMILES string of the molecule is O=C(O)c1nn(-c2cccc(Cl)c2)nc1N1CCC(c2ccccc2)C1. The first kappa shape index (κ1) is 16.6. The number of nitrogens with zero attached hydrogens (tertiary/aromatic N) is 4. The van der Waals surface area contributed by atoms with E-state index in [4.69, 9.17) is 11.6 Å². The van der Waals surface area contributed by atoms with E-state index in [1.165, 1.54) is 10.4 Å². The van der Waals surface area contributed by atoms with Gasteiger partial charge in [-0.3, -0.25) is 0 Å². The van der Waals surface area contributed by atoms with Crippen LogP contribution in [0.4, 0.5) is 5.82 Å². The summed E-state index contributed by atoms with van der Waals surface area (Å²) in [5, 5.41) is 18.7. The Balaban J connectivity index is 1.65. The molecule has 1 saturated heterocycles. The van der Waals surface area contributed by atoms with E-state index < -0.39 is 5.97 Å². The Bertz CT molecular complexity index is 942. The molecule has 1 atom stereocenters. The van der Waals surface area contributed by atoms with Gasteiger partial charge in [0.1, 0.15) is 0 Å². The summed E-state index contributed by atoms with van der Waals surface area (Å²) < 4.78 is 0. The van der Waals surface area contributed by atoms with Crippen molar-refractivity contribution in [1.29, 1.82) is 0 Å². The van der Waals surface area contributed by atoms with Crippen LogP contribution in [-0.2, 0) is 0 Å². The van der Waals surface area contributed by atoms with E-state index in [1.54, 1.807) is 24.3 Å². The lowest BCUT2D eigenvalue weighted by Gasteiger charge is -2.16. The molecule has 2 heterocycles. The highest BCUT2D eigenvalue weighted by atomic mass is 35.5. The van der Waals surface area contributed by atoms with E-state index in [0.717, 1.165) is 19.5 Å². The number of carboxylic acid groups (broad SMARTS) is 1. The second-order valence-corrected chi connectivity index (χ2v) is 6.73. The van der Waals surface area contributed by atoms with Crippen molar-refractivity contribution in [2.75, 3.05) is 18.0 Å². The molecule has 26 heavy (non-hydrogen) atoms. The lowest BCUT2D eigenvalue weighted by Crippen LogP contribution is -2.22. The normalized spacial score (nSPS) is 16.8. The molecule has 1 unspecified atom stereocenters. The summed E-state index contributed by atoms with van der Waals surface area (Å²) in [6, 6.07) is 17.3. The fourth-order valence-corrected chi connectivity index (χ4v) is 3.50. The highest BCUT2D eigenvalue weighted by Crippen LogP contribution is 2.31. The van der Waals surface area contributed by atoms with Crippen LogP contribution in [0.15, 0.2) is 54.6 Å². The molecule has 1 aliphatic rings. The van der Waals surface area contributed by atoms with Gasteiger partial charge in [-0.2, -0.15) is 0 Å². The molecule has 7 heteroatoms. The summed E-state index contributed by atoms with van der Waals surface area (Å²) in [5.41, 5.74) is 1.85. The molecule has 1 fully saturated rings. The zero-order valence-electron chi connectivity index (χ0n) is 13.9. The third kappa shape index (κ3) is 3.15. The topological polar surface area (TPSA) is 71.2 Å². The monoisotopic (exact) mass is 368 g/mol. The number of benzene rings is 2. The molecule has 1 aliphatic heterocycles. The molecule has 0 amide bonds. The van der Waals surface area contributed by atoms with Gasteiger partial charge in [-0.05, 0) is 30.2 Å². The van der Waals surface area contributed by atoms with Crippen LogP contribution in [0.1, 0.15) is 28.4 Å². The summed E-state index contributed by atoms with van der Waals surface area (Å²) in [5.74, 6) is -0.332. The number of halogens is 1. The zero-order valence-corrected chi connectivity index (χ0v) is 14.7. The average molecular weight is 369 g/mol. The second-order valence-electron chi connectivity index (χ2n) is 6.29. The van der Waals surface area contributed by atoms with Crippen LogP contribution in [-0.4, -0.2) is 39.2 Å². The van der Waals surface area contributed by atoms with Gasteiger partial charge in [0, 0.05) is 24.0 Å². The maximum atomic E-state index is 11.7. The lowest BCUT2D eigenvalue weighted by atomic mass is 9.99. The van der Waals surface area contributed by atoms with E-state index in [9.17, 15) is 9.90 Å². The Morgan fingerprint density at radius 3 is 2.65 bits per heavy atom. The summed E-state index contributed by atoms with van der Waals surface area (Å²) >= 11 is 6.02. The average Bonchev–Trinajstić information content (AvgIpc) is 3.30. The van der Waals surface area contributed by atoms with Crippen molar-refractivity contribution in [3.8, 4) is 5.69 Å². The molecule has 1 aromatic heterocycles. The molecule has 1 N–H and O–H groups in total. The van der Waals surface area contributed by atoms with Gasteiger partial charge >= 0.3 is 5.97 Å². The van der Waals surface area contributed by atoms with E-state index in [2.05, 4.69) is 22.3 Å². The van der Waals surface area contributed by atoms with Gasteiger partial charge in [-0.1, -0.05) is 48.0 Å². The number of aromatic nitrogens is 3. The molecule has 0 aliphatic carbocycles. The first-order valence-electron chi connectivity index (χ1n) is 8.38. The lowest BCUT2D eigenvalue weighted by molar-refractivity contribution is 0.0690. The zero-order chi connectivity index (χ0) is 18.1. The first-order chi connectivity index (χ1) is 12.6. The summed E-state index contributed by atoms with van der Waals surface area (Å²) in [4.78, 5) is 15.0. The Morgan fingerprint density at radius 2 is 1.92 bits per heavy atom. The molecule has 4 rings (SSSR count). The summed E-state index contributed by atoms with van der Waals surface area (Å²) in [7, 11) is 0. The number of hydrogen-bond acceptors (Lipinski definition) is 4. The Hall–Kier alpha value is -2.86. The van der Waals surface area contributed by atoms with Gasteiger partial charge in [0.15, 0.2) is 5.82 Å². The minimum Gasteiger partial charge on any atom is -0.476 e. The number of hydrogen-bond donors (Lipinski definition) is 1. The number of anilines is 1. The highest BCUT2D eigenvalue weighted by Gasteiger charge is 2.30. The number of carboxylic acids is 1. The van der Waals surface area contributed by atoms with Crippen LogP contribution >= 0.6 is 11.6 Å². The third-order valence-corrected chi connectivity index (χ3v) is 4.83. The summed E-state index contributed by atoms with van der Waals surface area (Å²) in [6.45, 7) is 1.46. The maximum Gasteiger partial charge on any atom is 0.360 e. The number of rotatable bonds is 4. The van der Waals surface area contributed by atoms with Crippen LogP contribution in [0.3, 0.4) is 0 Å². The molecule has 0 radical (unpaired) electrons. The molecule has 3 aromatic rings. The van der Waals surface area contributed by atoms with E-state index >= 15 is 0 Å². The molecular weight excluding hydrogens is 352 g/mol. The Kier molecular flexibility index (Phi) is 4.34. The van der Waals surface area contributed by atoms with Gasteiger partial charge < -0.3 is 10.0 Å². The van der Waals surface area contributed by atoms with Crippen LogP contribution < -0.4 is 4.90 Å². The minimum absolute atomic E-state index is 0.0429. The smallest absolute Gasteiger partial charge is 0.360 e. The van der Waals surface area contributed by atoms with Crippen molar-refractivity contribution in [1.82, 2.24) is 15.0 Å². The fraction of sp³-hybridized carbons (Fsp3) is 0.211. The number of carbonyl (C=O) groups is 1. The van der Waals surface area contributed by atoms with Crippen LogP contribution in [0.5, 0.6) is 0 Å². The van der Waals surface area contributed by atoms with Crippen LogP contribution in [0, 0.1) is 0 Å². The Labute approximate surface area is 155 Å². The predicted molar refractivity (Wildman–Crippen MR) is 99.3 cm³/mol. The number of aromatic carboxylic acids is 1. The van der Waals surface area contributed by atoms with Crippen molar-refractivity contribution in [3.63, 3.8) is 0 Å². The van der Waals surface area contributed by atoms with Gasteiger partial charge in [0.25, 0.3) is 0 Å². The largest absolute Gasteiger partial charge is 0.476 e. The van der Waals surface area contributed by atoms with Crippen LogP contribution in [0.2, 0.25) is 5.02 Å². The quantitative estimate of drug-likeness (QED) is 0.761. The van der Waals surface area contributed by atoms with Crippen molar-refractivity contribution >= 4 is 23.4 Å². The van der Waals surface area contributed by atoms with Crippen molar-refractivity contribution < 1.29 is 9.90 Å². The molecule has 132 valence electrons. The van der Waals surface area contributed by atoms with Gasteiger partial charge in [-0.15, -0.1) is 15.0 Å². The molecular formula is C19H17ClN4O2. The minimum atomic E-state index is -1.09. The van der Waals surface area contributed by atoms with Gasteiger partial charge in [-0.25, -0.2) is 4.79 Å². The third-order valence-electron chi connectivity index (χ3n) is 4.60. The highest BCUT2D eigenvalue weighted by molar-refractivity contribution is 6.30. The predicted octanol–water partition coefficient (Wildman–Crippen LogP) is 3.61. The molecule has 2 aromatic carbocycles. The van der Waals surface area contributed by atoms with E-state index in [1.807, 2.05) is 23.1 Å². The van der Waals surface area contributed by atoms with E-state index in [0.29, 0.717) is 22.4 Å². The Morgan fingerprint density at radius 1 is 1.12 bits per heavy atom. The van der Waals surface area contributed by atoms with E-state index in [-0.39, 0.29) is 5.69 Å². The van der Waals surface area contributed by atoms with Crippen LogP contribution in [0.25, 0.3) is 5.69 Å². The van der Waals surface area contributed by atoms with Crippen molar-refractivity contribution in [3.05, 3.63) is 70.9 Å². The van der Waals surface area contributed by atoms with Gasteiger partial charge in [0.2, 0.25) is 5.69 Å². The summed E-state index contributed by atoms with van der Waals surface area (Å²) in [6.07, 6.45) is 0.951. The molecule has 6 nitrogen and oxygen atoms in total. The first-order valence-corrected chi connectivity index (χ1v) is 8.76. The molecule has 0 bridgehead atoms. The molecule has 0 spiro atoms. The van der Waals surface area contributed by atoms with Crippen molar-refractivity contribution in [2.24, 2.45) is 0 Å². The molecule has 0 saturated carbocycles.